The molecule has 1 atom stereocenters. The van der Waals surface area contributed by atoms with Crippen molar-refractivity contribution in [1.29, 1.82) is 0 Å². The van der Waals surface area contributed by atoms with Gasteiger partial charge in [0.25, 0.3) is 0 Å². The van der Waals surface area contributed by atoms with Crippen LogP contribution in [0.3, 0.4) is 0 Å². The molecular weight excluding hydrogens is 256 g/mol. The number of carbonyl (C=O) groups is 1. The summed E-state index contributed by atoms with van der Waals surface area (Å²) in [5.74, 6) is 0.795. The van der Waals surface area contributed by atoms with Crippen LogP contribution in [-0.4, -0.2) is 5.78 Å². The quantitative estimate of drug-likeness (QED) is 0.734. The van der Waals surface area contributed by atoms with Crippen LogP contribution in [0.25, 0.3) is 0 Å². The molecule has 3 rings (SSSR count). The van der Waals surface area contributed by atoms with Crippen molar-refractivity contribution in [3.63, 3.8) is 0 Å². The SMILES string of the molecule is CCc1cc(C)ccc1C(=O)c1ccc2c(c1)CCC2C. The third-order valence-corrected chi connectivity index (χ3v) is 4.67. The number of aryl methyl sites for hydroxylation is 3. The van der Waals surface area contributed by atoms with E-state index >= 15 is 0 Å². The summed E-state index contributed by atoms with van der Waals surface area (Å²) in [4.78, 5) is 12.8. The molecule has 1 aliphatic carbocycles. The highest BCUT2D eigenvalue weighted by Gasteiger charge is 2.21. The van der Waals surface area contributed by atoms with Crippen molar-refractivity contribution < 1.29 is 4.79 Å². The first-order chi connectivity index (χ1) is 10.1. The van der Waals surface area contributed by atoms with Gasteiger partial charge in [-0.15, -0.1) is 0 Å². The van der Waals surface area contributed by atoms with Crippen LogP contribution in [0.15, 0.2) is 36.4 Å². The molecule has 1 aliphatic rings. The van der Waals surface area contributed by atoms with E-state index in [1.807, 2.05) is 18.2 Å². The Balaban J connectivity index is 2.00. The molecule has 1 unspecified atom stereocenters. The van der Waals surface area contributed by atoms with Gasteiger partial charge in [0.1, 0.15) is 0 Å². The van der Waals surface area contributed by atoms with E-state index in [0.29, 0.717) is 5.92 Å². The second-order valence-corrected chi connectivity index (χ2v) is 6.20. The minimum Gasteiger partial charge on any atom is -0.289 e. The molecule has 0 N–H and O–H groups in total. The van der Waals surface area contributed by atoms with Crippen molar-refractivity contribution in [2.45, 2.75) is 46.0 Å². The number of ketones is 1. The third kappa shape index (κ3) is 2.53. The third-order valence-electron chi connectivity index (χ3n) is 4.67. The van der Waals surface area contributed by atoms with E-state index in [1.54, 1.807) is 0 Å². The lowest BCUT2D eigenvalue weighted by Crippen LogP contribution is -2.06. The van der Waals surface area contributed by atoms with Gasteiger partial charge in [0.15, 0.2) is 5.78 Å². The average Bonchev–Trinajstić information content (AvgIpc) is 2.87. The molecule has 108 valence electrons. The molecule has 0 saturated carbocycles. The van der Waals surface area contributed by atoms with E-state index in [9.17, 15) is 4.79 Å². The second kappa shape index (κ2) is 5.48. The van der Waals surface area contributed by atoms with Crippen molar-refractivity contribution in [3.05, 3.63) is 69.8 Å². The molecule has 0 amide bonds. The van der Waals surface area contributed by atoms with Crippen LogP contribution in [0.4, 0.5) is 0 Å². The van der Waals surface area contributed by atoms with Crippen molar-refractivity contribution >= 4 is 5.78 Å². The molecule has 0 fully saturated rings. The first kappa shape index (κ1) is 14.1. The maximum absolute atomic E-state index is 12.8. The summed E-state index contributed by atoms with van der Waals surface area (Å²) < 4.78 is 0. The molecule has 1 heteroatoms. The monoisotopic (exact) mass is 278 g/mol. The number of fused-ring (bicyclic) bond motifs is 1. The van der Waals surface area contributed by atoms with E-state index in [0.717, 1.165) is 29.5 Å². The van der Waals surface area contributed by atoms with Crippen LogP contribution in [0, 0.1) is 6.92 Å². The lowest BCUT2D eigenvalue weighted by molar-refractivity contribution is 0.103. The zero-order valence-corrected chi connectivity index (χ0v) is 13.1. The fourth-order valence-electron chi connectivity index (χ4n) is 3.36. The zero-order chi connectivity index (χ0) is 15.0. The van der Waals surface area contributed by atoms with Gasteiger partial charge in [-0.1, -0.05) is 49.7 Å². The summed E-state index contributed by atoms with van der Waals surface area (Å²) >= 11 is 0. The van der Waals surface area contributed by atoms with Gasteiger partial charge in [-0.3, -0.25) is 4.79 Å². The Morgan fingerprint density at radius 3 is 2.76 bits per heavy atom. The standard InChI is InChI=1S/C20H22O/c1-4-15-11-13(2)5-9-19(15)20(21)17-8-10-18-14(3)6-7-16(18)12-17/h5,8-12,14H,4,6-7H2,1-3H3. The Morgan fingerprint density at radius 2 is 2.00 bits per heavy atom. The van der Waals surface area contributed by atoms with Crippen LogP contribution < -0.4 is 0 Å². The largest absolute Gasteiger partial charge is 0.289 e. The molecule has 2 aromatic carbocycles. The maximum Gasteiger partial charge on any atom is 0.193 e. The van der Waals surface area contributed by atoms with Crippen LogP contribution in [0.5, 0.6) is 0 Å². The number of hydrogen-bond acceptors (Lipinski definition) is 1. The van der Waals surface area contributed by atoms with Crippen molar-refractivity contribution in [2.75, 3.05) is 0 Å². The van der Waals surface area contributed by atoms with Crippen molar-refractivity contribution in [1.82, 2.24) is 0 Å². The summed E-state index contributed by atoms with van der Waals surface area (Å²) in [5, 5.41) is 0. The van der Waals surface area contributed by atoms with Gasteiger partial charge >= 0.3 is 0 Å². The molecule has 0 aromatic heterocycles. The average molecular weight is 278 g/mol. The summed E-state index contributed by atoms with van der Waals surface area (Å²) in [6.07, 6.45) is 3.20. The lowest BCUT2D eigenvalue weighted by atomic mass is 9.93. The topological polar surface area (TPSA) is 17.1 Å². The van der Waals surface area contributed by atoms with Crippen LogP contribution >= 0.6 is 0 Å². The first-order valence-corrected chi connectivity index (χ1v) is 7.87. The van der Waals surface area contributed by atoms with Crippen molar-refractivity contribution in [2.24, 2.45) is 0 Å². The van der Waals surface area contributed by atoms with Crippen LogP contribution in [-0.2, 0) is 12.8 Å². The molecule has 0 saturated heterocycles. The number of benzene rings is 2. The first-order valence-electron chi connectivity index (χ1n) is 7.87. The number of hydrogen-bond donors (Lipinski definition) is 0. The van der Waals surface area contributed by atoms with Gasteiger partial charge < -0.3 is 0 Å². The highest BCUT2D eigenvalue weighted by molar-refractivity contribution is 6.10. The van der Waals surface area contributed by atoms with Gasteiger partial charge in [0.05, 0.1) is 0 Å². The smallest absolute Gasteiger partial charge is 0.193 e. The molecule has 0 aliphatic heterocycles. The Labute approximate surface area is 127 Å². The zero-order valence-electron chi connectivity index (χ0n) is 13.1. The highest BCUT2D eigenvalue weighted by atomic mass is 16.1. The summed E-state index contributed by atoms with van der Waals surface area (Å²) in [5.41, 5.74) is 6.83. The predicted molar refractivity (Wildman–Crippen MR) is 87.2 cm³/mol. The van der Waals surface area contributed by atoms with Gasteiger partial charge in [0.2, 0.25) is 0 Å². The Hall–Kier alpha value is -1.89. The number of carbonyl (C=O) groups excluding carboxylic acids is 1. The molecule has 0 spiro atoms. The van der Waals surface area contributed by atoms with E-state index in [2.05, 4.69) is 39.0 Å². The Bertz CT molecular complexity index is 697. The normalized spacial score (nSPS) is 16.8. The van der Waals surface area contributed by atoms with E-state index < -0.39 is 0 Å². The number of rotatable bonds is 3. The maximum atomic E-state index is 12.8. The van der Waals surface area contributed by atoms with E-state index in [4.69, 9.17) is 0 Å². The summed E-state index contributed by atoms with van der Waals surface area (Å²) in [6, 6.07) is 12.4. The van der Waals surface area contributed by atoms with Crippen molar-refractivity contribution in [3.8, 4) is 0 Å². The highest BCUT2D eigenvalue weighted by Crippen LogP contribution is 2.33. The van der Waals surface area contributed by atoms with Gasteiger partial charge in [0, 0.05) is 11.1 Å². The molecule has 2 aromatic rings. The molecule has 1 nitrogen and oxygen atoms in total. The summed E-state index contributed by atoms with van der Waals surface area (Å²) in [6.45, 7) is 6.45. The fourth-order valence-corrected chi connectivity index (χ4v) is 3.36. The fraction of sp³-hybridized carbons (Fsp3) is 0.350. The van der Waals surface area contributed by atoms with E-state index in [-0.39, 0.29) is 5.78 Å². The van der Waals surface area contributed by atoms with Crippen LogP contribution in [0.1, 0.15) is 64.4 Å². The van der Waals surface area contributed by atoms with Gasteiger partial charge in [-0.25, -0.2) is 0 Å². The second-order valence-electron chi connectivity index (χ2n) is 6.20. The van der Waals surface area contributed by atoms with Gasteiger partial charge in [-0.2, -0.15) is 0 Å². The van der Waals surface area contributed by atoms with E-state index in [1.165, 1.54) is 23.1 Å². The minimum absolute atomic E-state index is 0.161. The van der Waals surface area contributed by atoms with Crippen LogP contribution in [0.2, 0.25) is 0 Å². The van der Waals surface area contributed by atoms with Gasteiger partial charge in [-0.05, 0) is 54.9 Å². The predicted octanol–water partition coefficient (Wildman–Crippen LogP) is 4.84. The molecule has 0 heterocycles. The lowest BCUT2D eigenvalue weighted by Gasteiger charge is -2.10. The molecule has 0 bridgehead atoms. The molecular formula is C20H22O. The summed E-state index contributed by atoms with van der Waals surface area (Å²) in [7, 11) is 0. The minimum atomic E-state index is 0.161. The molecule has 21 heavy (non-hydrogen) atoms. The Morgan fingerprint density at radius 1 is 1.19 bits per heavy atom. The Kier molecular flexibility index (Phi) is 3.67. The molecule has 0 radical (unpaired) electrons.